The number of benzene rings is 3. The maximum absolute atomic E-state index is 12.4. The predicted molar refractivity (Wildman–Crippen MR) is 142 cm³/mol. The molecule has 0 N–H and O–H groups in total. The molecule has 0 aliphatic rings. The number of carbonyl (C=O) groups is 1. The molecule has 1 heterocycles. The Balaban J connectivity index is 1.39. The summed E-state index contributed by atoms with van der Waals surface area (Å²) in [4.78, 5) is 17.5. The lowest BCUT2D eigenvalue weighted by atomic mass is 10.0. The molecule has 0 unspecified atom stereocenters. The van der Waals surface area contributed by atoms with Gasteiger partial charge in [0, 0.05) is 46.8 Å². The number of ether oxygens (including phenoxy) is 3. The minimum absolute atomic E-state index is 0.0916. The summed E-state index contributed by atoms with van der Waals surface area (Å²) in [5, 5.41) is 1.47. The van der Waals surface area contributed by atoms with Crippen molar-refractivity contribution in [3.8, 4) is 23.0 Å². The Labute approximate surface area is 214 Å². The molecule has 0 aliphatic carbocycles. The molecule has 5 nitrogen and oxygen atoms in total. The van der Waals surface area contributed by atoms with E-state index in [2.05, 4.69) is 4.98 Å². The summed E-state index contributed by atoms with van der Waals surface area (Å²) in [5.74, 6) is 2.64. The standard InChI is InChI=1S/C28H24ClNO4S/c1-32-27-16-24-25(17-28(27)33-2)30-12-11-26(24)34-22-9-5-19(6-10-22)14-23(35)15-21(31)13-18-3-7-20(29)8-4-18/h3-12,16-17H,13-15H2,1-2H3. The van der Waals surface area contributed by atoms with Crippen molar-refractivity contribution in [3.63, 3.8) is 0 Å². The number of carbonyl (C=O) groups excluding carboxylic acids is 1. The number of halogens is 1. The molecule has 0 bridgehead atoms. The topological polar surface area (TPSA) is 57.7 Å². The zero-order chi connectivity index (χ0) is 24.8. The highest BCUT2D eigenvalue weighted by Gasteiger charge is 2.12. The van der Waals surface area contributed by atoms with Crippen LogP contribution < -0.4 is 14.2 Å². The smallest absolute Gasteiger partial charge is 0.162 e. The van der Waals surface area contributed by atoms with Crippen molar-refractivity contribution >= 4 is 45.4 Å². The van der Waals surface area contributed by atoms with Crippen LogP contribution in [0.15, 0.2) is 72.9 Å². The van der Waals surface area contributed by atoms with Crippen LogP contribution >= 0.6 is 23.8 Å². The SMILES string of the molecule is COc1cc2nccc(Oc3ccc(CC(=S)CC(=O)Cc4ccc(Cl)cc4)cc3)c2cc1OC. The molecule has 0 aliphatic heterocycles. The molecule has 4 rings (SSSR count). The first-order valence-electron chi connectivity index (χ1n) is 11.0. The van der Waals surface area contributed by atoms with Gasteiger partial charge in [-0.2, -0.15) is 0 Å². The van der Waals surface area contributed by atoms with Gasteiger partial charge < -0.3 is 14.2 Å². The van der Waals surface area contributed by atoms with E-state index in [-0.39, 0.29) is 12.2 Å². The van der Waals surface area contributed by atoms with Gasteiger partial charge in [0.05, 0.1) is 19.7 Å². The van der Waals surface area contributed by atoms with Crippen LogP contribution in [0.2, 0.25) is 5.02 Å². The number of thiocarbonyl (C=S) groups is 1. The molecule has 0 saturated carbocycles. The van der Waals surface area contributed by atoms with Gasteiger partial charge in [-0.1, -0.05) is 48.1 Å². The summed E-state index contributed by atoms with van der Waals surface area (Å²) in [5.41, 5.74) is 2.70. The predicted octanol–water partition coefficient (Wildman–Crippen LogP) is 6.81. The molecular formula is C28H24ClNO4S. The molecule has 35 heavy (non-hydrogen) atoms. The average Bonchev–Trinajstić information content (AvgIpc) is 2.85. The number of ketones is 1. The van der Waals surface area contributed by atoms with Gasteiger partial charge in [-0.25, -0.2) is 0 Å². The van der Waals surface area contributed by atoms with Crippen LogP contribution in [-0.2, 0) is 17.6 Å². The maximum Gasteiger partial charge on any atom is 0.162 e. The van der Waals surface area contributed by atoms with Gasteiger partial charge >= 0.3 is 0 Å². The minimum Gasteiger partial charge on any atom is -0.493 e. The van der Waals surface area contributed by atoms with Crippen molar-refractivity contribution in [2.75, 3.05) is 14.2 Å². The van der Waals surface area contributed by atoms with E-state index >= 15 is 0 Å². The summed E-state index contributed by atoms with van der Waals surface area (Å²) >= 11 is 11.4. The largest absolute Gasteiger partial charge is 0.493 e. The highest BCUT2D eigenvalue weighted by Crippen LogP contribution is 2.36. The number of hydrogen-bond acceptors (Lipinski definition) is 6. The van der Waals surface area contributed by atoms with E-state index in [9.17, 15) is 4.79 Å². The van der Waals surface area contributed by atoms with Crippen LogP contribution in [-0.4, -0.2) is 29.9 Å². The molecule has 7 heteroatoms. The zero-order valence-electron chi connectivity index (χ0n) is 19.4. The van der Waals surface area contributed by atoms with E-state index < -0.39 is 0 Å². The molecule has 4 aromatic rings. The summed E-state index contributed by atoms with van der Waals surface area (Å²) < 4.78 is 16.9. The van der Waals surface area contributed by atoms with Gasteiger partial charge in [0.15, 0.2) is 11.5 Å². The summed E-state index contributed by atoms with van der Waals surface area (Å²) in [6, 6.07) is 20.5. The van der Waals surface area contributed by atoms with E-state index in [1.54, 1.807) is 32.5 Å². The molecule has 178 valence electrons. The first-order valence-corrected chi connectivity index (χ1v) is 11.8. The van der Waals surface area contributed by atoms with Crippen LogP contribution in [0, 0.1) is 0 Å². The lowest BCUT2D eigenvalue weighted by Gasteiger charge is -2.12. The van der Waals surface area contributed by atoms with Crippen LogP contribution in [0.3, 0.4) is 0 Å². The van der Waals surface area contributed by atoms with Crippen LogP contribution in [0.1, 0.15) is 17.5 Å². The van der Waals surface area contributed by atoms with E-state index in [1.807, 2.05) is 54.6 Å². The number of aromatic nitrogens is 1. The Morgan fingerprint density at radius 3 is 2.17 bits per heavy atom. The number of hydrogen-bond donors (Lipinski definition) is 0. The van der Waals surface area contributed by atoms with Gasteiger partial charge in [0.2, 0.25) is 0 Å². The van der Waals surface area contributed by atoms with Crippen molar-refractivity contribution in [2.24, 2.45) is 0 Å². The molecule has 0 spiro atoms. The van der Waals surface area contributed by atoms with Crippen molar-refractivity contribution < 1.29 is 19.0 Å². The van der Waals surface area contributed by atoms with Crippen molar-refractivity contribution in [1.82, 2.24) is 4.98 Å². The van der Waals surface area contributed by atoms with Crippen LogP contribution in [0.25, 0.3) is 10.9 Å². The fourth-order valence-corrected chi connectivity index (χ4v) is 4.19. The minimum atomic E-state index is 0.0916. The molecular weight excluding hydrogens is 482 g/mol. The molecule has 1 aromatic heterocycles. The van der Waals surface area contributed by atoms with Crippen molar-refractivity contribution in [3.05, 3.63) is 89.1 Å². The number of rotatable bonds is 10. The number of methoxy groups -OCH3 is 2. The van der Waals surface area contributed by atoms with Gasteiger partial charge in [-0.3, -0.25) is 9.78 Å². The van der Waals surface area contributed by atoms with Gasteiger partial charge in [-0.05, 0) is 47.5 Å². The van der Waals surface area contributed by atoms with E-state index in [1.165, 1.54) is 0 Å². The van der Waals surface area contributed by atoms with E-state index in [0.717, 1.165) is 22.0 Å². The molecule has 0 radical (unpaired) electrons. The van der Waals surface area contributed by atoms with Crippen LogP contribution in [0.5, 0.6) is 23.0 Å². The highest BCUT2D eigenvalue weighted by molar-refractivity contribution is 7.80. The average molecular weight is 506 g/mol. The Hall–Kier alpha value is -3.48. The normalized spacial score (nSPS) is 10.7. The van der Waals surface area contributed by atoms with Crippen molar-refractivity contribution in [2.45, 2.75) is 19.3 Å². The highest BCUT2D eigenvalue weighted by atomic mass is 35.5. The van der Waals surface area contributed by atoms with Crippen LogP contribution in [0.4, 0.5) is 0 Å². The second-order valence-electron chi connectivity index (χ2n) is 8.01. The Bertz CT molecular complexity index is 1350. The Morgan fingerprint density at radius 1 is 0.857 bits per heavy atom. The fourth-order valence-electron chi connectivity index (χ4n) is 3.74. The third kappa shape index (κ3) is 6.35. The van der Waals surface area contributed by atoms with E-state index in [4.69, 9.17) is 38.0 Å². The van der Waals surface area contributed by atoms with Crippen molar-refractivity contribution in [1.29, 1.82) is 0 Å². The quantitative estimate of drug-likeness (QED) is 0.221. The third-order valence-electron chi connectivity index (χ3n) is 5.47. The van der Waals surface area contributed by atoms with Gasteiger partial charge in [-0.15, -0.1) is 0 Å². The first-order chi connectivity index (χ1) is 16.9. The molecule has 0 amide bonds. The lowest BCUT2D eigenvalue weighted by molar-refractivity contribution is -0.117. The third-order valence-corrected chi connectivity index (χ3v) is 6.01. The number of fused-ring (bicyclic) bond motifs is 1. The second-order valence-corrected chi connectivity index (χ2v) is 9.03. The number of Topliss-reactive ketones (excluding diaryl/α,β-unsaturated/α-hetero) is 1. The van der Waals surface area contributed by atoms with Gasteiger partial charge in [0.25, 0.3) is 0 Å². The summed E-state index contributed by atoms with van der Waals surface area (Å²) in [6.07, 6.45) is 2.86. The second kappa shape index (κ2) is 11.3. The number of pyridine rings is 1. The molecule has 3 aromatic carbocycles. The number of nitrogens with zero attached hydrogens (tertiary/aromatic N) is 1. The Kier molecular flexibility index (Phi) is 7.95. The summed E-state index contributed by atoms with van der Waals surface area (Å²) in [6.45, 7) is 0. The fraction of sp³-hybridized carbons (Fsp3) is 0.179. The zero-order valence-corrected chi connectivity index (χ0v) is 21.0. The lowest BCUT2D eigenvalue weighted by Crippen LogP contribution is -2.10. The first kappa shape index (κ1) is 24.6. The Morgan fingerprint density at radius 2 is 1.49 bits per heavy atom. The summed E-state index contributed by atoms with van der Waals surface area (Å²) in [7, 11) is 3.18. The maximum atomic E-state index is 12.4. The van der Waals surface area contributed by atoms with E-state index in [0.29, 0.717) is 45.7 Å². The monoisotopic (exact) mass is 505 g/mol. The molecule has 0 saturated heterocycles. The molecule has 0 fully saturated rings. The van der Waals surface area contributed by atoms with Gasteiger partial charge in [0.1, 0.15) is 17.3 Å². The molecule has 0 atom stereocenters.